The largest absolute Gasteiger partial charge is 0.507 e. The quantitative estimate of drug-likeness (QED) is 0.325. The predicted octanol–water partition coefficient (Wildman–Crippen LogP) is 4.41. The first-order chi connectivity index (χ1) is 15.9. The minimum Gasteiger partial charge on any atom is -0.507 e. The van der Waals surface area contributed by atoms with Gasteiger partial charge in [-0.15, -0.1) is 0 Å². The van der Waals surface area contributed by atoms with Gasteiger partial charge < -0.3 is 19.1 Å². The van der Waals surface area contributed by atoms with Gasteiger partial charge in [-0.3, -0.25) is 14.5 Å². The molecule has 2 aromatic carbocycles. The highest BCUT2D eigenvalue weighted by molar-refractivity contribution is 6.51. The van der Waals surface area contributed by atoms with Crippen LogP contribution >= 0.6 is 0 Å². The molecule has 0 spiro atoms. The molecule has 1 N–H and O–H groups in total. The number of ketones is 1. The zero-order chi connectivity index (χ0) is 23.5. The summed E-state index contributed by atoms with van der Waals surface area (Å²) in [4.78, 5) is 27.5. The van der Waals surface area contributed by atoms with Crippen molar-refractivity contribution in [1.29, 1.82) is 0 Å². The molecule has 0 saturated carbocycles. The number of nitrogens with zero attached hydrogens (tertiary/aromatic N) is 2. The number of aromatic nitrogens is 1. The number of amides is 1. The van der Waals surface area contributed by atoms with Crippen molar-refractivity contribution in [3.8, 4) is 11.5 Å². The zero-order valence-electron chi connectivity index (χ0n) is 18.6. The van der Waals surface area contributed by atoms with Gasteiger partial charge >= 0.3 is 5.91 Å². The molecule has 1 fully saturated rings. The zero-order valence-corrected chi connectivity index (χ0v) is 18.6. The van der Waals surface area contributed by atoms with Crippen LogP contribution in [0.3, 0.4) is 0 Å². The maximum absolute atomic E-state index is 13.2. The van der Waals surface area contributed by atoms with Crippen molar-refractivity contribution in [3.05, 3.63) is 77.1 Å². The molecule has 1 atom stereocenters. The highest BCUT2D eigenvalue weighted by atomic mass is 16.5. The first-order valence-corrected chi connectivity index (χ1v) is 10.6. The fourth-order valence-electron chi connectivity index (χ4n) is 3.77. The van der Waals surface area contributed by atoms with E-state index >= 15 is 0 Å². The van der Waals surface area contributed by atoms with Crippen LogP contribution in [0.4, 0.5) is 5.82 Å². The summed E-state index contributed by atoms with van der Waals surface area (Å²) in [7, 11) is 1.51. The van der Waals surface area contributed by atoms with Crippen molar-refractivity contribution in [2.24, 2.45) is 0 Å². The van der Waals surface area contributed by atoms with E-state index in [1.165, 1.54) is 12.0 Å². The topological polar surface area (TPSA) is 102 Å². The van der Waals surface area contributed by atoms with Crippen molar-refractivity contribution >= 4 is 23.3 Å². The van der Waals surface area contributed by atoms with Crippen LogP contribution in [0, 0.1) is 6.92 Å². The number of aliphatic hydroxyl groups excluding tert-OH is 1. The molecule has 4 rings (SSSR count). The third-order valence-electron chi connectivity index (χ3n) is 5.30. The number of carbonyl (C=O) groups excluding carboxylic acids is 2. The second-order valence-electron chi connectivity index (χ2n) is 7.62. The highest BCUT2D eigenvalue weighted by Crippen LogP contribution is 2.42. The summed E-state index contributed by atoms with van der Waals surface area (Å²) in [6.45, 7) is 4.22. The van der Waals surface area contributed by atoms with Gasteiger partial charge in [0.2, 0.25) is 0 Å². The Morgan fingerprint density at radius 3 is 2.58 bits per heavy atom. The van der Waals surface area contributed by atoms with Gasteiger partial charge in [0, 0.05) is 11.6 Å². The number of aliphatic hydroxyl groups is 1. The maximum atomic E-state index is 13.2. The molecule has 8 heteroatoms. The first-order valence-electron chi connectivity index (χ1n) is 10.6. The number of carbonyl (C=O) groups is 2. The molecule has 1 aliphatic heterocycles. The smallest absolute Gasteiger partial charge is 0.301 e. The third-order valence-corrected chi connectivity index (χ3v) is 5.30. The van der Waals surface area contributed by atoms with Crippen LogP contribution in [0.15, 0.2) is 64.7 Å². The lowest BCUT2D eigenvalue weighted by Gasteiger charge is -2.23. The van der Waals surface area contributed by atoms with Gasteiger partial charge in [0.25, 0.3) is 5.78 Å². The molecule has 0 bridgehead atoms. The monoisotopic (exact) mass is 448 g/mol. The summed E-state index contributed by atoms with van der Waals surface area (Å²) in [6.07, 6.45) is 0.830. The number of benzene rings is 2. The minimum atomic E-state index is -0.925. The van der Waals surface area contributed by atoms with Gasteiger partial charge in [0.05, 0.1) is 25.3 Å². The molecular formula is C25H24N2O6. The molecule has 1 saturated heterocycles. The molecule has 1 amide bonds. The van der Waals surface area contributed by atoms with E-state index in [1.54, 1.807) is 61.5 Å². The molecule has 0 aliphatic carbocycles. The predicted molar refractivity (Wildman–Crippen MR) is 121 cm³/mol. The van der Waals surface area contributed by atoms with Gasteiger partial charge in [-0.25, -0.2) is 0 Å². The van der Waals surface area contributed by atoms with Crippen LogP contribution in [-0.2, 0) is 9.59 Å². The SMILES string of the molecule is CCCOc1cccc(C2C(=C(O)c3cccc(OC)c3)C(=O)C(=O)N2c2cc(C)on2)c1. The van der Waals surface area contributed by atoms with E-state index in [4.69, 9.17) is 14.0 Å². The summed E-state index contributed by atoms with van der Waals surface area (Å²) in [5.41, 5.74) is 0.890. The van der Waals surface area contributed by atoms with Crippen molar-refractivity contribution in [3.63, 3.8) is 0 Å². The number of methoxy groups -OCH3 is 1. The molecule has 2 heterocycles. The molecule has 8 nitrogen and oxygen atoms in total. The van der Waals surface area contributed by atoms with Crippen LogP contribution in [0.25, 0.3) is 5.76 Å². The number of anilines is 1. The van der Waals surface area contributed by atoms with E-state index in [9.17, 15) is 14.7 Å². The van der Waals surface area contributed by atoms with Crippen LogP contribution in [0.2, 0.25) is 0 Å². The Bertz CT molecular complexity index is 1230. The van der Waals surface area contributed by atoms with Crippen LogP contribution in [-0.4, -0.2) is 35.7 Å². The molecule has 1 aromatic heterocycles. The van der Waals surface area contributed by atoms with Crippen molar-refractivity contribution in [1.82, 2.24) is 5.16 Å². The van der Waals surface area contributed by atoms with Gasteiger partial charge in [0.15, 0.2) is 5.82 Å². The summed E-state index contributed by atoms with van der Waals surface area (Å²) in [6, 6.07) is 14.4. The Morgan fingerprint density at radius 1 is 1.12 bits per heavy atom. The summed E-state index contributed by atoms with van der Waals surface area (Å²) >= 11 is 0. The van der Waals surface area contributed by atoms with Crippen molar-refractivity contribution in [2.75, 3.05) is 18.6 Å². The number of Topliss-reactive ketones (excluding diaryl/α,β-unsaturated/α-hetero) is 1. The number of aryl methyl sites for hydroxylation is 1. The fourth-order valence-corrected chi connectivity index (χ4v) is 3.77. The first kappa shape index (κ1) is 22.1. The number of hydrogen-bond donors (Lipinski definition) is 1. The molecule has 1 aliphatic rings. The Kier molecular flexibility index (Phi) is 6.17. The Labute approximate surface area is 191 Å². The Hall–Kier alpha value is -4.07. The lowest BCUT2D eigenvalue weighted by molar-refractivity contribution is -0.132. The van der Waals surface area contributed by atoms with Crippen LogP contribution in [0.5, 0.6) is 11.5 Å². The van der Waals surface area contributed by atoms with Gasteiger partial charge in [-0.2, -0.15) is 0 Å². The summed E-state index contributed by atoms with van der Waals surface area (Å²) in [5.74, 6) is -0.162. The summed E-state index contributed by atoms with van der Waals surface area (Å²) < 4.78 is 16.1. The third kappa shape index (κ3) is 4.19. The van der Waals surface area contributed by atoms with Crippen molar-refractivity contribution < 1.29 is 28.7 Å². The van der Waals surface area contributed by atoms with E-state index in [-0.39, 0.29) is 17.2 Å². The van der Waals surface area contributed by atoms with Crippen molar-refractivity contribution in [2.45, 2.75) is 26.3 Å². The van der Waals surface area contributed by atoms with Gasteiger partial charge in [-0.05, 0) is 43.2 Å². The Balaban J connectivity index is 1.90. The molecular weight excluding hydrogens is 424 g/mol. The highest BCUT2D eigenvalue weighted by Gasteiger charge is 2.48. The van der Waals surface area contributed by atoms with Crippen LogP contribution in [0.1, 0.15) is 36.3 Å². The molecule has 1 unspecified atom stereocenters. The Morgan fingerprint density at radius 2 is 1.88 bits per heavy atom. The van der Waals surface area contributed by atoms with Crippen LogP contribution < -0.4 is 14.4 Å². The normalized spacial score (nSPS) is 17.4. The maximum Gasteiger partial charge on any atom is 0.301 e. The number of rotatable bonds is 7. The van der Waals surface area contributed by atoms with E-state index in [0.29, 0.717) is 35.0 Å². The standard InChI is InChI=1S/C25H24N2O6/c1-4-11-32-19-10-5-7-16(13-19)22-21(23(28)17-8-6-9-18(14-17)31-3)24(29)25(30)27(22)20-12-15(2)33-26-20/h5-10,12-14,22,28H,4,11H2,1-3H3. The summed E-state index contributed by atoms with van der Waals surface area (Å²) in [5, 5.41) is 15.1. The molecule has 33 heavy (non-hydrogen) atoms. The van der Waals surface area contributed by atoms with E-state index in [2.05, 4.69) is 5.16 Å². The minimum absolute atomic E-state index is 0.0541. The lowest BCUT2D eigenvalue weighted by atomic mass is 9.95. The fraction of sp³-hybridized carbons (Fsp3) is 0.240. The van der Waals surface area contributed by atoms with Gasteiger partial charge in [0.1, 0.15) is 23.0 Å². The molecule has 3 aromatic rings. The van der Waals surface area contributed by atoms with E-state index in [0.717, 1.165) is 6.42 Å². The van der Waals surface area contributed by atoms with E-state index < -0.39 is 17.7 Å². The van der Waals surface area contributed by atoms with Gasteiger partial charge in [-0.1, -0.05) is 36.3 Å². The lowest BCUT2D eigenvalue weighted by Crippen LogP contribution is -2.29. The average molecular weight is 448 g/mol. The van der Waals surface area contributed by atoms with E-state index in [1.807, 2.05) is 6.92 Å². The second kappa shape index (κ2) is 9.20. The number of ether oxygens (including phenoxy) is 2. The second-order valence-corrected chi connectivity index (χ2v) is 7.62. The number of hydrogen-bond acceptors (Lipinski definition) is 7. The molecule has 0 radical (unpaired) electrons. The molecule has 170 valence electrons. The average Bonchev–Trinajstić information content (AvgIpc) is 3.37.